The molecular formula is C19H11FN4O2S. The van der Waals surface area contributed by atoms with Gasteiger partial charge in [0, 0.05) is 11.1 Å². The number of anilines is 1. The number of methoxy groups -OCH3 is 1. The molecule has 0 saturated carbocycles. The summed E-state index contributed by atoms with van der Waals surface area (Å²) in [7, 11) is 1.30. The normalized spacial score (nSPS) is 9.93. The first kappa shape index (κ1) is 18.1. The minimum Gasteiger partial charge on any atom is -0.480 e. The summed E-state index contributed by atoms with van der Waals surface area (Å²) in [6, 6.07) is 12.9. The summed E-state index contributed by atoms with van der Waals surface area (Å²) >= 11 is 1.22. The molecule has 1 aromatic carbocycles. The average molecular weight is 378 g/mol. The molecule has 6 nitrogen and oxygen atoms in total. The molecule has 0 spiro atoms. The van der Waals surface area contributed by atoms with Crippen molar-refractivity contribution in [2.45, 2.75) is 0 Å². The smallest absolute Gasteiger partial charge is 0.266 e. The number of halogens is 1. The first-order valence-electron chi connectivity index (χ1n) is 7.62. The maximum Gasteiger partial charge on any atom is 0.266 e. The largest absolute Gasteiger partial charge is 0.480 e. The highest BCUT2D eigenvalue weighted by Gasteiger charge is 2.25. The number of thiophene rings is 1. The van der Waals surface area contributed by atoms with Crippen molar-refractivity contribution in [3.05, 3.63) is 63.6 Å². The van der Waals surface area contributed by atoms with Crippen LogP contribution in [0.25, 0.3) is 11.1 Å². The van der Waals surface area contributed by atoms with E-state index in [-0.39, 0.29) is 34.0 Å². The molecule has 8 heteroatoms. The Hall–Kier alpha value is -3.75. The third-order valence-electron chi connectivity index (χ3n) is 3.70. The van der Waals surface area contributed by atoms with Gasteiger partial charge in [0.15, 0.2) is 5.82 Å². The molecule has 0 aliphatic carbocycles. The molecule has 132 valence electrons. The van der Waals surface area contributed by atoms with Crippen LogP contribution in [0.5, 0.6) is 5.88 Å². The first-order valence-corrected chi connectivity index (χ1v) is 8.50. The summed E-state index contributed by atoms with van der Waals surface area (Å²) in [5.74, 6) is -1.31. The van der Waals surface area contributed by atoms with E-state index in [1.807, 2.05) is 12.1 Å². The van der Waals surface area contributed by atoms with Crippen LogP contribution in [0, 0.1) is 28.5 Å². The van der Waals surface area contributed by atoms with Crippen molar-refractivity contribution in [3.8, 4) is 29.1 Å². The van der Waals surface area contributed by atoms with Crippen LogP contribution in [0.2, 0.25) is 0 Å². The van der Waals surface area contributed by atoms with Gasteiger partial charge in [0.1, 0.15) is 29.1 Å². The van der Waals surface area contributed by atoms with Gasteiger partial charge in [-0.3, -0.25) is 4.79 Å². The van der Waals surface area contributed by atoms with Gasteiger partial charge in [-0.25, -0.2) is 4.39 Å². The van der Waals surface area contributed by atoms with Crippen molar-refractivity contribution in [2.24, 2.45) is 0 Å². The van der Waals surface area contributed by atoms with Crippen LogP contribution in [-0.4, -0.2) is 18.0 Å². The number of nitrogens with one attached hydrogen (secondary N) is 1. The van der Waals surface area contributed by atoms with Gasteiger partial charge < -0.3 is 10.1 Å². The molecule has 0 bridgehead atoms. The molecule has 3 aromatic rings. The highest BCUT2D eigenvalue weighted by molar-refractivity contribution is 7.12. The van der Waals surface area contributed by atoms with E-state index >= 15 is 0 Å². The molecule has 0 radical (unpaired) electrons. The van der Waals surface area contributed by atoms with E-state index in [9.17, 15) is 19.7 Å². The number of aromatic nitrogens is 1. The Morgan fingerprint density at radius 3 is 2.52 bits per heavy atom. The molecule has 1 N–H and O–H groups in total. The Balaban J connectivity index is 2.26. The zero-order valence-electron chi connectivity index (χ0n) is 14.0. The molecule has 0 fully saturated rings. The Bertz CT molecular complexity index is 1100. The molecule has 2 aromatic heterocycles. The number of nitrogens with zero attached hydrogens (tertiary/aromatic N) is 3. The molecule has 0 saturated heterocycles. The second-order valence-corrected chi connectivity index (χ2v) is 6.18. The lowest BCUT2D eigenvalue weighted by atomic mass is 9.96. The molecule has 27 heavy (non-hydrogen) atoms. The van der Waals surface area contributed by atoms with Gasteiger partial charge in [-0.15, -0.1) is 11.3 Å². The zero-order chi connectivity index (χ0) is 19.4. The predicted octanol–water partition coefficient (Wildman–Crippen LogP) is 3.95. The maximum atomic E-state index is 14.4. The zero-order valence-corrected chi connectivity index (χ0v) is 14.8. The van der Waals surface area contributed by atoms with Crippen LogP contribution >= 0.6 is 11.3 Å². The number of ether oxygens (including phenoxy) is 1. The maximum absolute atomic E-state index is 14.4. The molecule has 0 atom stereocenters. The van der Waals surface area contributed by atoms with E-state index in [1.54, 1.807) is 23.6 Å². The monoisotopic (exact) mass is 378 g/mol. The highest BCUT2D eigenvalue weighted by Crippen LogP contribution is 2.37. The van der Waals surface area contributed by atoms with Crippen molar-refractivity contribution < 1.29 is 13.9 Å². The standard InChI is InChI=1S/C19H11FN4O2S/c1-26-19-13(10-22)16(11-5-2-3-6-14(11)20)12(9-21)17(24-19)23-18(25)15-7-4-8-27-15/h2-8H,1H3,(H,23,24,25). The molecule has 1 amide bonds. The van der Waals surface area contributed by atoms with E-state index < -0.39 is 11.7 Å². The van der Waals surface area contributed by atoms with Crippen molar-refractivity contribution in [1.82, 2.24) is 4.98 Å². The summed E-state index contributed by atoms with van der Waals surface area (Å²) in [6.07, 6.45) is 0. The minimum absolute atomic E-state index is 0.0198. The third kappa shape index (κ3) is 3.34. The summed E-state index contributed by atoms with van der Waals surface area (Å²) in [5, 5.41) is 23.5. The van der Waals surface area contributed by atoms with Crippen molar-refractivity contribution in [3.63, 3.8) is 0 Å². The lowest BCUT2D eigenvalue weighted by Gasteiger charge is -2.15. The van der Waals surface area contributed by atoms with Crippen LogP contribution in [0.4, 0.5) is 10.2 Å². The third-order valence-corrected chi connectivity index (χ3v) is 4.57. The second kappa shape index (κ2) is 7.65. The lowest BCUT2D eigenvalue weighted by Crippen LogP contribution is -2.14. The number of pyridine rings is 1. The van der Waals surface area contributed by atoms with Gasteiger partial charge in [0.2, 0.25) is 5.88 Å². The molecule has 0 unspecified atom stereocenters. The number of rotatable bonds is 4. The van der Waals surface area contributed by atoms with Gasteiger partial charge in [0.25, 0.3) is 5.91 Å². The number of benzene rings is 1. The Morgan fingerprint density at radius 1 is 1.19 bits per heavy atom. The fourth-order valence-electron chi connectivity index (χ4n) is 2.52. The van der Waals surface area contributed by atoms with E-state index in [0.717, 1.165) is 0 Å². The lowest BCUT2D eigenvalue weighted by molar-refractivity contribution is 0.103. The van der Waals surface area contributed by atoms with Gasteiger partial charge in [0.05, 0.1) is 12.0 Å². The Labute approximate surface area is 158 Å². The van der Waals surface area contributed by atoms with Crippen molar-refractivity contribution in [2.75, 3.05) is 12.4 Å². The van der Waals surface area contributed by atoms with Crippen LogP contribution in [0.1, 0.15) is 20.8 Å². The topological polar surface area (TPSA) is 98.8 Å². The molecule has 0 aliphatic rings. The number of nitriles is 2. The van der Waals surface area contributed by atoms with Crippen LogP contribution in [-0.2, 0) is 0 Å². The fourth-order valence-corrected chi connectivity index (χ4v) is 3.14. The first-order chi connectivity index (χ1) is 13.1. The summed E-state index contributed by atoms with van der Waals surface area (Å²) in [6.45, 7) is 0. The average Bonchev–Trinajstić information content (AvgIpc) is 3.22. The quantitative estimate of drug-likeness (QED) is 0.741. The number of amides is 1. The fraction of sp³-hybridized carbons (Fsp3) is 0.0526. The molecule has 0 aliphatic heterocycles. The Kier molecular flexibility index (Phi) is 5.11. The molecule has 3 rings (SSSR count). The van der Waals surface area contributed by atoms with E-state index in [2.05, 4.69) is 10.3 Å². The number of hydrogen-bond donors (Lipinski definition) is 1. The SMILES string of the molecule is COc1nc(NC(=O)c2cccs2)c(C#N)c(-c2ccccc2F)c1C#N. The van der Waals surface area contributed by atoms with Gasteiger partial charge in [-0.05, 0) is 17.5 Å². The summed E-state index contributed by atoms with van der Waals surface area (Å²) in [5.41, 5.74) is -0.153. The second-order valence-electron chi connectivity index (χ2n) is 5.23. The van der Waals surface area contributed by atoms with Gasteiger partial charge in [-0.2, -0.15) is 15.5 Å². The van der Waals surface area contributed by atoms with Crippen LogP contribution in [0.3, 0.4) is 0 Å². The molecular weight excluding hydrogens is 367 g/mol. The summed E-state index contributed by atoms with van der Waals surface area (Å²) in [4.78, 5) is 16.9. The van der Waals surface area contributed by atoms with E-state index in [4.69, 9.17) is 4.74 Å². The Morgan fingerprint density at radius 2 is 1.93 bits per heavy atom. The predicted molar refractivity (Wildman–Crippen MR) is 97.9 cm³/mol. The van der Waals surface area contributed by atoms with Crippen LogP contribution < -0.4 is 10.1 Å². The van der Waals surface area contributed by atoms with Crippen molar-refractivity contribution in [1.29, 1.82) is 10.5 Å². The van der Waals surface area contributed by atoms with Gasteiger partial charge in [-0.1, -0.05) is 24.3 Å². The van der Waals surface area contributed by atoms with Gasteiger partial charge >= 0.3 is 0 Å². The summed E-state index contributed by atoms with van der Waals surface area (Å²) < 4.78 is 19.5. The number of carbonyl (C=O) groups is 1. The molecule has 2 heterocycles. The number of hydrogen-bond acceptors (Lipinski definition) is 6. The highest BCUT2D eigenvalue weighted by atomic mass is 32.1. The van der Waals surface area contributed by atoms with E-state index in [0.29, 0.717) is 4.88 Å². The number of carbonyl (C=O) groups excluding carboxylic acids is 1. The van der Waals surface area contributed by atoms with Crippen LogP contribution in [0.15, 0.2) is 41.8 Å². The van der Waals surface area contributed by atoms with E-state index in [1.165, 1.54) is 36.6 Å². The minimum atomic E-state index is -0.616. The van der Waals surface area contributed by atoms with Crippen molar-refractivity contribution >= 4 is 23.1 Å².